The summed E-state index contributed by atoms with van der Waals surface area (Å²) in [6, 6.07) is 4.09. The molecule has 0 aliphatic heterocycles. The molecule has 5 heteroatoms. The van der Waals surface area contributed by atoms with Crippen molar-refractivity contribution in [2.45, 2.75) is 26.3 Å². The Bertz CT molecular complexity index is 449. The van der Waals surface area contributed by atoms with Gasteiger partial charge in [-0.1, -0.05) is 0 Å². The number of aliphatic hydroxyl groups excluding tert-OH is 1. The van der Waals surface area contributed by atoms with E-state index >= 15 is 0 Å². The van der Waals surface area contributed by atoms with Gasteiger partial charge < -0.3 is 9.84 Å². The van der Waals surface area contributed by atoms with Gasteiger partial charge in [-0.15, -0.1) is 0 Å². The van der Waals surface area contributed by atoms with Gasteiger partial charge in [-0.25, -0.2) is 4.39 Å². The number of ketones is 1. The van der Waals surface area contributed by atoms with Crippen LogP contribution in [0, 0.1) is 5.82 Å². The van der Waals surface area contributed by atoms with E-state index in [1.165, 1.54) is 25.3 Å². The molecular weight excluding hydrogens is 261 g/mol. The molecule has 0 bridgehead atoms. The van der Waals surface area contributed by atoms with Crippen molar-refractivity contribution in [2.24, 2.45) is 0 Å². The quantitative estimate of drug-likeness (QED) is 0.742. The van der Waals surface area contributed by atoms with Gasteiger partial charge in [-0.2, -0.15) is 0 Å². The van der Waals surface area contributed by atoms with E-state index in [1.54, 1.807) is 0 Å². The number of hydrogen-bond acceptors (Lipinski definition) is 4. The zero-order valence-corrected chi connectivity index (χ0v) is 12.2. The molecule has 1 aromatic rings. The van der Waals surface area contributed by atoms with E-state index in [1.807, 2.05) is 18.7 Å². The van der Waals surface area contributed by atoms with Gasteiger partial charge >= 0.3 is 0 Å². The fourth-order valence-corrected chi connectivity index (χ4v) is 1.96. The van der Waals surface area contributed by atoms with Crippen molar-refractivity contribution >= 4 is 5.78 Å². The maximum Gasteiger partial charge on any atom is 0.180 e. The van der Waals surface area contributed by atoms with Gasteiger partial charge in [0.1, 0.15) is 11.6 Å². The zero-order valence-electron chi connectivity index (χ0n) is 12.2. The van der Waals surface area contributed by atoms with Crippen LogP contribution in [-0.4, -0.2) is 48.6 Å². The molecule has 1 aromatic carbocycles. The summed E-state index contributed by atoms with van der Waals surface area (Å²) in [6.07, 6.45) is 0.603. The lowest BCUT2D eigenvalue weighted by Crippen LogP contribution is -2.37. The monoisotopic (exact) mass is 283 g/mol. The third-order valence-corrected chi connectivity index (χ3v) is 3.14. The van der Waals surface area contributed by atoms with E-state index in [0.29, 0.717) is 18.7 Å². The Morgan fingerprint density at radius 2 is 2.15 bits per heavy atom. The number of halogens is 1. The third-order valence-electron chi connectivity index (χ3n) is 3.14. The number of carbonyl (C=O) groups is 1. The van der Waals surface area contributed by atoms with E-state index < -0.39 is 5.82 Å². The number of Topliss-reactive ketones (excluding diaryl/α,β-unsaturated/α-hetero) is 1. The van der Waals surface area contributed by atoms with Gasteiger partial charge in [0.2, 0.25) is 0 Å². The fraction of sp³-hybridized carbons (Fsp3) is 0.533. The Hall–Kier alpha value is -1.46. The summed E-state index contributed by atoms with van der Waals surface area (Å²) >= 11 is 0. The summed E-state index contributed by atoms with van der Waals surface area (Å²) in [6.45, 7) is 4.84. The average molecular weight is 283 g/mol. The number of hydrogen-bond donors (Lipinski definition) is 1. The second kappa shape index (κ2) is 7.97. The molecule has 0 fully saturated rings. The van der Waals surface area contributed by atoms with Gasteiger partial charge in [0.15, 0.2) is 5.78 Å². The van der Waals surface area contributed by atoms with Gasteiger partial charge in [0.25, 0.3) is 0 Å². The molecule has 0 unspecified atom stereocenters. The van der Waals surface area contributed by atoms with Gasteiger partial charge in [0.05, 0.1) is 19.2 Å². The maximum atomic E-state index is 13.3. The van der Waals surface area contributed by atoms with Crippen molar-refractivity contribution in [2.75, 3.05) is 26.8 Å². The van der Waals surface area contributed by atoms with Crippen LogP contribution in [0.1, 0.15) is 30.6 Å². The number of carbonyl (C=O) groups excluding carboxylic acids is 1. The Balaban J connectivity index is 2.85. The first-order valence-electron chi connectivity index (χ1n) is 6.71. The summed E-state index contributed by atoms with van der Waals surface area (Å²) < 4.78 is 18.4. The van der Waals surface area contributed by atoms with Crippen molar-refractivity contribution in [3.8, 4) is 5.75 Å². The largest absolute Gasteiger partial charge is 0.496 e. The molecule has 0 spiro atoms. The average Bonchev–Trinajstić information content (AvgIpc) is 2.42. The maximum absolute atomic E-state index is 13.3. The number of benzene rings is 1. The normalized spacial score (nSPS) is 11.2. The van der Waals surface area contributed by atoms with Gasteiger partial charge in [-0.05, 0) is 38.5 Å². The van der Waals surface area contributed by atoms with Crippen molar-refractivity contribution in [1.82, 2.24) is 4.90 Å². The molecule has 1 rings (SSSR count). The molecule has 4 nitrogen and oxygen atoms in total. The molecule has 0 aromatic heterocycles. The van der Waals surface area contributed by atoms with E-state index in [4.69, 9.17) is 9.84 Å². The topological polar surface area (TPSA) is 49.8 Å². The standard InChI is InChI=1S/C15H22FNO3/c1-11(2)17(7-4-8-18)10-14(19)13-9-12(16)5-6-15(13)20-3/h5-6,9,11,18H,4,7-8,10H2,1-3H3. The second-order valence-electron chi connectivity index (χ2n) is 4.91. The Labute approximate surface area is 119 Å². The first kappa shape index (κ1) is 16.6. The summed E-state index contributed by atoms with van der Waals surface area (Å²) in [5.74, 6) is -0.268. The smallest absolute Gasteiger partial charge is 0.180 e. The molecule has 0 saturated heterocycles. The van der Waals surface area contributed by atoms with Crippen LogP contribution in [0.25, 0.3) is 0 Å². The van der Waals surface area contributed by atoms with Crippen LogP contribution in [0.15, 0.2) is 18.2 Å². The Morgan fingerprint density at radius 1 is 1.45 bits per heavy atom. The second-order valence-corrected chi connectivity index (χ2v) is 4.91. The molecule has 20 heavy (non-hydrogen) atoms. The van der Waals surface area contributed by atoms with Crippen LogP contribution in [0.3, 0.4) is 0 Å². The highest BCUT2D eigenvalue weighted by molar-refractivity contribution is 6.00. The predicted molar refractivity (Wildman–Crippen MR) is 75.7 cm³/mol. The molecule has 0 radical (unpaired) electrons. The van der Waals surface area contributed by atoms with Crippen LogP contribution in [0.5, 0.6) is 5.75 Å². The highest BCUT2D eigenvalue weighted by atomic mass is 19.1. The van der Waals surface area contributed by atoms with Crippen molar-refractivity contribution in [3.63, 3.8) is 0 Å². The lowest BCUT2D eigenvalue weighted by molar-refractivity contribution is 0.0893. The first-order chi connectivity index (χ1) is 9.49. The summed E-state index contributed by atoms with van der Waals surface area (Å²) in [5.41, 5.74) is 0.252. The molecule has 0 saturated carbocycles. The molecule has 0 aliphatic carbocycles. The molecular formula is C15H22FNO3. The predicted octanol–water partition coefficient (Wildman–Crippen LogP) is 2.11. The SMILES string of the molecule is COc1ccc(F)cc1C(=O)CN(CCCO)C(C)C. The minimum Gasteiger partial charge on any atom is -0.496 e. The summed E-state index contributed by atoms with van der Waals surface area (Å²) in [4.78, 5) is 14.3. The first-order valence-corrected chi connectivity index (χ1v) is 6.71. The van der Waals surface area contributed by atoms with Crippen LogP contribution in [0.2, 0.25) is 0 Å². The zero-order chi connectivity index (χ0) is 15.1. The molecule has 0 aliphatic rings. The van der Waals surface area contributed by atoms with Gasteiger partial charge in [0, 0.05) is 19.2 Å². The molecule has 0 atom stereocenters. The van der Waals surface area contributed by atoms with E-state index in [0.717, 1.165) is 0 Å². The Morgan fingerprint density at radius 3 is 2.70 bits per heavy atom. The van der Waals surface area contributed by atoms with Gasteiger partial charge in [-0.3, -0.25) is 9.69 Å². The minimum atomic E-state index is -0.458. The third kappa shape index (κ3) is 4.58. The number of ether oxygens (including phenoxy) is 1. The number of nitrogens with zero attached hydrogens (tertiary/aromatic N) is 1. The lowest BCUT2D eigenvalue weighted by atomic mass is 10.1. The van der Waals surface area contributed by atoms with Crippen LogP contribution >= 0.6 is 0 Å². The molecule has 0 amide bonds. The van der Waals surface area contributed by atoms with Crippen molar-refractivity contribution in [1.29, 1.82) is 0 Å². The van der Waals surface area contributed by atoms with Crippen molar-refractivity contribution in [3.05, 3.63) is 29.6 Å². The molecule has 1 N–H and O–H groups in total. The van der Waals surface area contributed by atoms with Crippen molar-refractivity contribution < 1.29 is 19.0 Å². The van der Waals surface area contributed by atoms with Crippen LogP contribution in [-0.2, 0) is 0 Å². The highest BCUT2D eigenvalue weighted by Gasteiger charge is 2.18. The van der Waals surface area contributed by atoms with Crippen LogP contribution in [0.4, 0.5) is 4.39 Å². The number of methoxy groups -OCH3 is 1. The summed E-state index contributed by atoms with van der Waals surface area (Å²) in [5, 5.41) is 8.89. The highest BCUT2D eigenvalue weighted by Crippen LogP contribution is 2.20. The summed E-state index contributed by atoms with van der Waals surface area (Å²) in [7, 11) is 1.45. The molecule has 0 heterocycles. The van der Waals surface area contributed by atoms with E-state index in [9.17, 15) is 9.18 Å². The van der Waals surface area contributed by atoms with E-state index in [2.05, 4.69) is 0 Å². The fourth-order valence-electron chi connectivity index (χ4n) is 1.96. The van der Waals surface area contributed by atoms with Crippen LogP contribution < -0.4 is 4.74 Å². The number of rotatable bonds is 8. The Kier molecular flexibility index (Phi) is 6.61. The molecule has 112 valence electrons. The number of aliphatic hydroxyl groups is 1. The lowest BCUT2D eigenvalue weighted by Gasteiger charge is -2.25. The minimum absolute atomic E-state index is 0.0840. The van der Waals surface area contributed by atoms with E-state index in [-0.39, 0.29) is 30.5 Å².